The fourth-order valence-electron chi connectivity index (χ4n) is 2.56. The minimum atomic E-state index is -0.0105. The van der Waals surface area contributed by atoms with Crippen molar-refractivity contribution in [1.29, 1.82) is 0 Å². The predicted molar refractivity (Wildman–Crippen MR) is 88.5 cm³/mol. The number of anilines is 1. The molecule has 1 saturated carbocycles. The third-order valence-electron chi connectivity index (χ3n) is 4.02. The van der Waals surface area contributed by atoms with Gasteiger partial charge in [0, 0.05) is 11.6 Å². The van der Waals surface area contributed by atoms with Crippen molar-refractivity contribution in [1.82, 2.24) is 5.43 Å². The number of benzene rings is 2. The smallest absolute Gasteiger partial charge is 0.243 e. The Hall–Kier alpha value is -2.62. The summed E-state index contributed by atoms with van der Waals surface area (Å²) in [6.07, 6.45) is 0.895. The zero-order valence-electron chi connectivity index (χ0n) is 12.5. The SMILES string of the molecule is C/C(=N/NC(=O)[C@H]1C[C@@H]1c1ccccc1)c1ccc(N)cc1. The number of nitrogens with one attached hydrogen (secondary N) is 1. The molecule has 1 amide bonds. The lowest BCUT2D eigenvalue weighted by Gasteiger charge is -2.03. The van der Waals surface area contributed by atoms with Crippen LogP contribution >= 0.6 is 0 Å². The number of nitrogens with zero attached hydrogens (tertiary/aromatic N) is 1. The van der Waals surface area contributed by atoms with Crippen LogP contribution in [0.5, 0.6) is 0 Å². The number of hydrogen-bond donors (Lipinski definition) is 2. The van der Waals surface area contributed by atoms with Gasteiger partial charge in [0.25, 0.3) is 0 Å². The summed E-state index contributed by atoms with van der Waals surface area (Å²) in [5.74, 6) is 0.349. The lowest BCUT2D eigenvalue weighted by atomic mass is 10.1. The van der Waals surface area contributed by atoms with E-state index in [2.05, 4.69) is 22.7 Å². The van der Waals surface area contributed by atoms with Crippen molar-refractivity contribution in [3.05, 3.63) is 65.7 Å². The lowest BCUT2D eigenvalue weighted by molar-refractivity contribution is -0.122. The Balaban J connectivity index is 1.59. The highest BCUT2D eigenvalue weighted by Gasteiger charge is 2.43. The monoisotopic (exact) mass is 293 g/mol. The number of carbonyl (C=O) groups is 1. The van der Waals surface area contributed by atoms with Crippen molar-refractivity contribution in [2.24, 2.45) is 11.0 Å². The number of amides is 1. The summed E-state index contributed by atoms with van der Waals surface area (Å²) in [6, 6.07) is 17.6. The highest BCUT2D eigenvalue weighted by molar-refractivity contribution is 5.99. The molecule has 3 N–H and O–H groups in total. The molecule has 3 rings (SSSR count). The van der Waals surface area contributed by atoms with E-state index in [4.69, 9.17) is 5.73 Å². The number of nitrogen functional groups attached to an aromatic ring is 1. The largest absolute Gasteiger partial charge is 0.399 e. The number of hydrazone groups is 1. The van der Waals surface area contributed by atoms with Crippen molar-refractivity contribution in [2.45, 2.75) is 19.3 Å². The Morgan fingerprint density at radius 2 is 1.82 bits per heavy atom. The zero-order valence-corrected chi connectivity index (χ0v) is 12.5. The highest BCUT2D eigenvalue weighted by atomic mass is 16.2. The first-order valence-corrected chi connectivity index (χ1v) is 7.40. The van der Waals surface area contributed by atoms with Crippen molar-refractivity contribution in [3.8, 4) is 0 Å². The van der Waals surface area contributed by atoms with E-state index in [9.17, 15) is 4.79 Å². The summed E-state index contributed by atoms with van der Waals surface area (Å²) in [5.41, 5.74) is 12.0. The maximum atomic E-state index is 12.1. The summed E-state index contributed by atoms with van der Waals surface area (Å²) in [4.78, 5) is 12.1. The average Bonchev–Trinajstić information content (AvgIpc) is 3.34. The second-order valence-electron chi connectivity index (χ2n) is 5.65. The van der Waals surface area contributed by atoms with Gasteiger partial charge >= 0.3 is 0 Å². The van der Waals surface area contributed by atoms with Crippen LogP contribution in [0.4, 0.5) is 5.69 Å². The molecule has 1 fully saturated rings. The number of carbonyl (C=O) groups excluding carboxylic acids is 1. The molecular formula is C18H19N3O. The van der Waals surface area contributed by atoms with Gasteiger partial charge in [-0.1, -0.05) is 42.5 Å². The normalized spacial score (nSPS) is 20.5. The van der Waals surface area contributed by atoms with E-state index in [1.54, 1.807) is 0 Å². The van der Waals surface area contributed by atoms with Gasteiger partial charge < -0.3 is 5.73 Å². The van der Waals surface area contributed by atoms with Crippen LogP contribution in [0.1, 0.15) is 30.4 Å². The fourth-order valence-corrected chi connectivity index (χ4v) is 2.56. The molecule has 0 spiro atoms. The molecule has 1 aliphatic carbocycles. The van der Waals surface area contributed by atoms with E-state index in [1.165, 1.54) is 5.56 Å². The molecule has 0 aromatic heterocycles. The first-order valence-electron chi connectivity index (χ1n) is 7.40. The zero-order chi connectivity index (χ0) is 15.5. The minimum Gasteiger partial charge on any atom is -0.399 e. The van der Waals surface area contributed by atoms with Crippen molar-refractivity contribution in [3.63, 3.8) is 0 Å². The van der Waals surface area contributed by atoms with E-state index < -0.39 is 0 Å². The van der Waals surface area contributed by atoms with Crippen LogP contribution in [-0.2, 0) is 4.79 Å². The van der Waals surface area contributed by atoms with E-state index >= 15 is 0 Å². The first-order chi connectivity index (χ1) is 10.6. The van der Waals surface area contributed by atoms with Crippen LogP contribution in [-0.4, -0.2) is 11.6 Å². The van der Waals surface area contributed by atoms with E-state index in [0.717, 1.165) is 17.7 Å². The van der Waals surface area contributed by atoms with Gasteiger partial charge in [0.1, 0.15) is 0 Å². The second kappa shape index (κ2) is 6.02. The molecule has 2 aromatic rings. The van der Waals surface area contributed by atoms with E-state index in [0.29, 0.717) is 11.6 Å². The summed E-state index contributed by atoms with van der Waals surface area (Å²) in [6.45, 7) is 1.87. The van der Waals surface area contributed by atoms with Crippen LogP contribution in [0.3, 0.4) is 0 Å². The summed E-state index contributed by atoms with van der Waals surface area (Å²) >= 11 is 0. The van der Waals surface area contributed by atoms with Gasteiger partial charge in [0.2, 0.25) is 5.91 Å². The number of nitrogens with two attached hydrogens (primary N) is 1. The Morgan fingerprint density at radius 1 is 1.14 bits per heavy atom. The van der Waals surface area contributed by atoms with Crippen LogP contribution in [0.15, 0.2) is 59.7 Å². The summed E-state index contributed by atoms with van der Waals surface area (Å²) < 4.78 is 0. The quantitative estimate of drug-likeness (QED) is 0.517. The topological polar surface area (TPSA) is 67.5 Å². The molecule has 2 atom stereocenters. The molecule has 0 saturated heterocycles. The maximum absolute atomic E-state index is 12.1. The Bertz CT molecular complexity index is 692. The van der Waals surface area contributed by atoms with Crippen molar-refractivity contribution < 1.29 is 4.79 Å². The molecule has 112 valence electrons. The molecule has 0 heterocycles. The molecule has 0 bridgehead atoms. The second-order valence-corrected chi connectivity index (χ2v) is 5.65. The lowest BCUT2D eigenvalue weighted by Crippen LogP contribution is -2.21. The van der Waals surface area contributed by atoms with Gasteiger partial charge in [-0.2, -0.15) is 5.10 Å². The first kappa shape index (κ1) is 14.3. The van der Waals surface area contributed by atoms with Gasteiger partial charge in [-0.3, -0.25) is 4.79 Å². The van der Waals surface area contributed by atoms with Crippen molar-refractivity contribution >= 4 is 17.3 Å². The van der Waals surface area contributed by atoms with Crippen LogP contribution in [0.2, 0.25) is 0 Å². The van der Waals surface area contributed by atoms with Crippen LogP contribution in [0.25, 0.3) is 0 Å². The minimum absolute atomic E-state index is 0.0105. The third-order valence-corrected chi connectivity index (χ3v) is 4.02. The third kappa shape index (κ3) is 3.17. The molecule has 22 heavy (non-hydrogen) atoms. The van der Waals surface area contributed by atoms with Crippen LogP contribution < -0.4 is 11.2 Å². The molecule has 2 aromatic carbocycles. The molecule has 4 heteroatoms. The fraction of sp³-hybridized carbons (Fsp3) is 0.222. The van der Waals surface area contributed by atoms with Crippen molar-refractivity contribution in [2.75, 3.05) is 5.73 Å². The number of hydrogen-bond acceptors (Lipinski definition) is 3. The van der Waals surface area contributed by atoms with Gasteiger partial charge in [-0.15, -0.1) is 0 Å². The molecule has 0 radical (unpaired) electrons. The standard InChI is InChI=1S/C18H19N3O/c1-12(13-7-9-15(19)10-8-13)20-21-18(22)17-11-16(17)14-5-3-2-4-6-14/h2-10,16-17H,11,19H2,1H3,(H,21,22)/b20-12-/t16-,17+/m1/s1. The molecule has 0 aliphatic heterocycles. The Morgan fingerprint density at radius 3 is 2.50 bits per heavy atom. The summed E-state index contributed by atoms with van der Waals surface area (Å²) in [5, 5.41) is 4.19. The average molecular weight is 293 g/mol. The van der Waals surface area contributed by atoms with E-state index in [1.807, 2.05) is 49.4 Å². The van der Waals surface area contributed by atoms with Gasteiger partial charge in [0.15, 0.2) is 0 Å². The van der Waals surface area contributed by atoms with E-state index in [-0.39, 0.29) is 11.8 Å². The molecular weight excluding hydrogens is 274 g/mol. The predicted octanol–water partition coefficient (Wildman–Crippen LogP) is 2.91. The molecule has 0 unspecified atom stereocenters. The Labute approximate surface area is 130 Å². The highest BCUT2D eigenvalue weighted by Crippen LogP contribution is 2.47. The molecule has 4 nitrogen and oxygen atoms in total. The van der Waals surface area contributed by atoms with Gasteiger partial charge in [-0.05, 0) is 42.5 Å². The maximum Gasteiger partial charge on any atom is 0.243 e. The summed E-state index contributed by atoms with van der Waals surface area (Å²) in [7, 11) is 0. The Kier molecular flexibility index (Phi) is 3.92. The number of rotatable bonds is 4. The van der Waals surface area contributed by atoms with Gasteiger partial charge in [0.05, 0.1) is 5.71 Å². The van der Waals surface area contributed by atoms with Gasteiger partial charge in [-0.25, -0.2) is 5.43 Å². The molecule has 1 aliphatic rings. The van der Waals surface area contributed by atoms with Crippen LogP contribution in [0, 0.1) is 5.92 Å².